The van der Waals surface area contributed by atoms with Gasteiger partial charge in [0, 0.05) is 24.9 Å². The van der Waals surface area contributed by atoms with E-state index in [1.54, 1.807) is 0 Å². The van der Waals surface area contributed by atoms with E-state index in [2.05, 4.69) is 16.5 Å². The summed E-state index contributed by atoms with van der Waals surface area (Å²) in [6, 6.07) is 0. The van der Waals surface area contributed by atoms with Crippen molar-refractivity contribution in [3.8, 4) is 0 Å². The van der Waals surface area contributed by atoms with Crippen LogP contribution in [-0.2, 0) is 16.0 Å². The van der Waals surface area contributed by atoms with E-state index in [1.165, 1.54) is 51.0 Å². The zero-order valence-corrected chi connectivity index (χ0v) is 13.0. The van der Waals surface area contributed by atoms with Crippen molar-refractivity contribution in [1.82, 2.24) is 9.97 Å². The molecule has 0 saturated heterocycles. The van der Waals surface area contributed by atoms with E-state index < -0.39 is 0 Å². The minimum atomic E-state index is -0.315. The maximum absolute atomic E-state index is 10.8. The minimum absolute atomic E-state index is 0.315. The molecule has 4 nitrogen and oxygen atoms in total. The second-order valence-electron chi connectivity index (χ2n) is 5.34. The number of ether oxygens (including phenoxy) is 1. The number of aryl methyl sites for hydroxylation is 1. The number of aromatic nitrogens is 2. The molecule has 0 amide bonds. The first-order valence-corrected chi connectivity index (χ1v) is 8.10. The number of hydrogen-bond acceptors (Lipinski definition) is 3. The van der Waals surface area contributed by atoms with Gasteiger partial charge >= 0.3 is 5.97 Å². The van der Waals surface area contributed by atoms with E-state index in [9.17, 15) is 4.79 Å². The van der Waals surface area contributed by atoms with Gasteiger partial charge in [-0.25, -0.2) is 9.78 Å². The normalized spacial score (nSPS) is 10.5. The second kappa shape index (κ2) is 12.2. The lowest BCUT2D eigenvalue weighted by molar-refractivity contribution is -0.137. The molecular weight excluding hydrogens is 264 g/mol. The van der Waals surface area contributed by atoms with Gasteiger partial charge < -0.3 is 9.72 Å². The fourth-order valence-electron chi connectivity index (χ4n) is 2.30. The topological polar surface area (TPSA) is 55.0 Å². The Morgan fingerprint density at radius 1 is 1.10 bits per heavy atom. The number of rotatable bonds is 13. The molecule has 1 N–H and O–H groups in total. The summed E-state index contributed by atoms with van der Waals surface area (Å²) in [6.45, 7) is 3.89. The Hall–Kier alpha value is -1.58. The van der Waals surface area contributed by atoms with Gasteiger partial charge in [-0.15, -0.1) is 0 Å². The lowest BCUT2D eigenvalue weighted by atomic mass is 10.1. The lowest BCUT2D eigenvalue weighted by Crippen LogP contribution is -2.01. The highest BCUT2D eigenvalue weighted by atomic mass is 16.5. The number of H-pyrrole nitrogens is 1. The van der Waals surface area contributed by atoms with E-state index in [0.717, 1.165) is 25.1 Å². The average Bonchev–Trinajstić information content (AvgIpc) is 3.01. The predicted molar refractivity (Wildman–Crippen MR) is 85.0 cm³/mol. The van der Waals surface area contributed by atoms with Crippen molar-refractivity contribution in [1.29, 1.82) is 0 Å². The Bertz CT molecular complexity index is 374. The van der Waals surface area contributed by atoms with Crippen LogP contribution in [0.15, 0.2) is 25.0 Å². The third-order valence-corrected chi connectivity index (χ3v) is 3.52. The van der Waals surface area contributed by atoms with Crippen molar-refractivity contribution in [3.05, 3.63) is 30.9 Å². The molecule has 0 unspecified atom stereocenters. The van der Waals surface area contributed by atoms with Gasteiger partial charge in [0.2, 0.25) is 0 Å². The molecule has 0 atom stereocenters. The van der Waals surface area contributed by atoms with Crippen molar-refractivity contribution in [2.24, 2.45) is 0 Å². The number of nitrogens with one attached hydrogen (secondary N) is 1. The molecule has 118 valence electrons. The summed E-state index contributed by atoms with van der Waals surface area (Å²) < 4.78 is 4.93. The van der Waals surface area contributed by atoms with Crippen LogP contribution in [0.3, 0.4) is 0 Å². The quantitative estimate of drug-likeness (QED) is 0.337. The molecule has 1 rings (SSSR count). The van der Waals surface area contributed by atoms with Crippen molar-refractivity contribution in [3.63, 3.8) is 0 Å². The summed E-state index contributed by atoms with van der Waals surface area (Å²) in [5.74, 6) is 0.789. The van der Waals surface area contributed by atoms with Crippen molar-refractivity contribution in [2.75, 3.05) is 6.61 Å². The number of unbranched alkanes of at least 4 members (excludes halogenated alkanes) is 8. The van der Waals surface area contributed by atoms with E-state index in [0.29, 0.717) is 6.61 Å². The van der Waals surface area contributed by atoms with Crippen LogP contribution in [0, 0.1) is 0 Å². The first-order chi connectivity index (χ1) is 10.3. The van der Waals surface area contributed by atoms with Gasteiger partial charge in [0.15, 0.2) is 0 Å². The Balaban J connectivity index is 1.74. The van der Waals surface area contributed by atoms with Crippen LogP contribution in [0.1, 0.15) is 63.6 Å². The summed E-state index contributed by atoms with van der Waals surface area (Å²) in [5.41, 5.74) is 0. The lowest BCUT2D eigenvalue weighted by Gasteiger charge is -2.03. The SMILES string of the molecule is C=CC(=O)OCCCCCCCCCCCc1ncc[nH]1. The molecule has 0 spiro atoms. The van der Waals surface area contributed by atoms with Crippen molar-refractivity contribution < 1.29 is 9.53 Å². The molecule has 0 aliphatic carbocycles. The number of aromatic amines is 1. The van der Waals surface area contributed by atoms with Crippen LogP contribution in [0.4, 0.5) is 0 Å². The first-order valence-electron chi connectivity index (χ1n) is 8.10. The number of hydrogen-bond donors (Lipinski definition) is 1. The highest BCUT2D eigenvalue weighted by Crippen LogP contribution is 2.10. The van der Waals surface area contributed by atoms with Crippen LogP contribution >= 0.6 is 0 Å². The van der Waals surface area contributed by atoms with E-state index in [-0.39, 0.29) is 5.97 Å². The summed E-state index contributed by atoms with van der Waals surface area (Å²) in [4.78, 5) is 18.2. The Morgan fingerprint density at radius 3 is 2.29 bits per heavy atom. The molecule has 0 radical (unpaired) electrons. The van der Waals surface area contributed by atoms with E-state index in [1.807, 2.05) is 12.4 Å². The molecule has 0 aromatic carbocycles. The summed E-state index contributed by atoms with van der Waals surface area (Å²) >= 11 is 0. The molecule has 21 heavy (non-hydrogen) atoms. The monoisotopic (exact) mass is 292 g/mol. The Labute approximate surface area is 128 Å². The molecule has 0 aliphatic rings. The van der Waals surface area contributed by atoms with Gasteiger partial charge in [-0.3, -0.25) is 0 Å². The maximum atomic E-state index is 10.8. The number of carbonyl (C=O) groups is 1. The van der Waals surface area contributed by atoms with Crippen LogP contribution in [0.25, 0.3) is 0 Å². The third-order valence-electron chi connectivity index (χ3n) is 3.52. The van der Waals surface area contributed by atoms with Crippen LogP contribution < -0.4 is 0 Å². The Morgan fingerprint density at radius 2 is 1.71 bits per heavy atom. The number of carbonyl (C=O) groups excluding carboxylic acids is 1. The predicted octanol–water partition coefficient (Wildman–Crippen LogP) is 4.19. The number of nitrogens with zero attached hydrogens (tertiary/aromatic N) is 1. The van der Waals surface area contributed by atoms with E-state index >= 15 is 0 Å². The molecule has 4 heteroatoms. The van der Waals surface area contributed by atoms with Gasteiger partial charge in [0.25, 0.3) is 0 Å². The molecule has 0 fully saturated rings. The van der Waals surface area contributed by atoms with Crippen molar-refractivity contribution >= 4 is 5.97 Å². The Kier molecular flexibility index (Phi) is 10.1. The van der Waals surface area contributed by atoms with Crippen LogP contribution in [0.2, 0.25) is 0 Å². The van der Waals surface area contributed by atoms with Crippen molar-refractivity contribution in [2.45, 2.75) is 64.2 Å². The largest absolute Gasteiger partial charge is 0.463 e. The maximum Gasteiger partial charge on any atom is 0.330 e. The molecule has 0 saturated carbocycles. The summed E-state index contributed by atoms with van der Waals surface area (Å²) in [5, 5.41) is 0. The minimum Gasteiger partial charge on any atom is -0.463 e. The molecule has 1 aromatic rings. The van der Waals surface area contributed by atoms with Gasteiger partial charge in [-0.1, -0.05) is 51.5 Å². The fourth-order valence-corrected chi connectivity index (χ4v) is 2.30. The van der Waals surface area contributed by atoms with Gasteiger partial charge in [0.1, 0.15) is 5.82 Å². The highest BCUT2D eigenvalue weighted by molar-refractivity contribution is 5.81. The third kappa shape index (κ3) is 9.88. The molecule has 0 aliphatic heterocycles. The molecule has 0 bridgehead atoms. The van der Waals surface area contributed by atoms with Gasteiger partial charge in [-0.2, -0.15) is 0 Å². The molecule has 1 heterocycles. The first kappa shape index (κ1) is 17.5. The van der Waals surface area contributed by atoms with Gasteiger partial charge in [-0.05, 0) is 12.8 Å². The zero-order valence-electron chi connectivity index (χ0n) is 13.0. The van der Waals surface area contributed by atoms with E-state index in [4.69, 9.17) is 4.74 Å². The summed E-state index contributed by atoms with van der Waals surface area (Å²) in [6.07, 6.45) is 17.1. The number of esters is 1. The summed E-state index contributed by atoms with van der Waals surface area (Å²) in [7, 11) is 0. The number of imidazole rings is 1. The molecule has 1 aromatic heterocycles. The standard InChI is InChI=1S/C17H28N2O2/c1-2-17(20)21-15-11-9-7-5-3-4-6-8-10-12-16-18-13-14-19-16/h2,13-14H,1,3-12,15H2,(H,18,19). The average molecular weight is 292 g/mol. The second-order valence-corrected chi connectivity index (χ2v) is 5.34. The van der Waals surface area contributed by atoms with Crippen LogP contribution in [-0.4, -0.2) is 22.5 Å². The van der Waals surface area contributed by atoms with Gasteiger partial charge in [0.05, 0.1) is 6.61 Å². The van der Waals surface area contributed by atoms with Crippen LogP contribution in [0.5, 0.6) is 0 Å². The highest BCUT2D eigenvalue weighted by Gasteiger charge is 1.97. The zero-order chi connectivity index (χ0) is 15.2. The smallest absolute Gasteiger partial charge is 0.330 e. The fraction of sp³-hybridized carbons (Fsp3) is 0.647. The molecular formula is C17H28N2O2.